The van der Waals surface area contributed by atoms with Crippen LogP contribution >= 0.6 is 0 Å². The van der Waals surface area contributed by atoms with Crippen molar-refractivity contribution in [2.75, 3.05) is 4.90 Å². The molecule has 57 heavy (non-hydrogen) atoms. The lowest BCUT2D eigenvalue weighted by atomic mass is 10.0. The number of nitrogens with zero attached hydrogens (tertiary/aromatic N) is 3. The average molecular weight is 728 g/mol. The maximum absolute atomic E-state index is 2.38. The lowest BCUT2D eigenvalue weighted by Gasteiger charge is -2.26. The summed E-state index contributed by atoms with van der Waals surface area (Å²) >= 11 is 0. The minimum Gasteiger partial charge on any atom is -0.310 e. The maximum Gasteiger partial charge on any atom is 0.0547 e. The number of para-hydroxylation sites is 4. The minimum atomic E-state index is 1.09. The fraction of sp³-hybridized carbons (Fsp3) is 0. The van der Waals surface area contributed by atoms with Crippen LogP contribution < -0.4 is 4.90 Å². The summed E-state index contributed by atoms with van der Waals surface area (Å²) in [6, 6.07) is 81.1. The van der Waals surface area contributed by atoms with Gasteiger partial charge in [-0.1, -0.05) is 140 Å². The second-order valence-electron chi connectivity index (χ2n) is 14.6. The molecule has 0 aliphatic rings. The zero-order valence-electron chi connectivity index (χ0n) is 31.2. The van der Waals surface area contributed by atoms with Crippen LogP contribution in [-0.2, 0) is 0 Å². The third-order valence-corrected chi connectivity index (χ3v) is 11.3. The van der Waals surface area contributed by atoms with Gasteiger partial charge in [0.15, 0.2) is 0 Å². The van der Waals surface area contributed by atoms with Crippen LogP contribution in [0, 0.1) is 0 Å². The minimum absolute atomic E-state index is 1.09. The Labute approximate surface area is 331 Å². The van der Waals surface area contributed by atoms with Crippen molar-refractivity contribution in [3.8, 4) is 33.6 Å². The van der Waals surface area contributed by atoms with E-state index >= 15 is 0 Å². The monoisotopic (exact) mass is 727 g/mol. The molecule has 2 heterocycles. The number of fused-ring (bicyclic) bond motifs is 6. The molecular formula is C54H37N3. The Morgan fingerprint density at radius 1 is 0.246 bits per heavy atom. The van der Waals surface area contributed by atoms with Crippen LogP contribution in [0.1, 0.15) is 0 Å². The van der Waals surface area contributed by atoms with Crippen molar-refractivity contribution in [3.05, 3.63) is 224 Å². The van der Waals surface area contributed by atoms with Crippen molar-refractivity contribution >= 4 is 60.7 Å². The highest BCUT2D eigenvalue weighted by Gasteiger charge is 2.18. The summed E-state index contributed by atoms with van der Waals surface area (Å²) in [4.78, 5) is 2.38. The molecule has 0 radical (unpaired) electrons. The van der Waals surface area contributed by atoms with Gasteiger partial charge >= 0.3 is 0 Å². The van der Waals surface area contributed by atoms with E-state index < -0.39 is 0 Å². The summed E-state index contributed by atoms with van der Waals surface area (Å²) < 4.78 is 4.75. The van der Waals surface area contributed by atoms with Gasteiger partial charge in [-0.2, -0.15) is 0 Å². The molecule has 9 aromatic carbocycles. The molecule has 0 aliphatic carbocycles. The first-order valence-electron chi connectivity index (χ1n) is 19.5. The lowest BCUT2D eigenvalue weighted by molar-refractivity contribution is 1.18. The van der Waals surface area contributed by atoms with Gasteiger partial charge in [0.1, 0.15) is 0 Å². The van der Waals surface area contributed by atoms with E-state index in [2.05, 4.69) is 238 Å². The van der Waals surface area contributed by atoms with Crippen LogP contribution in [-0.4, -0.2) is 9.13 Å². The van der Waals surface area contributed by atoms with Gasteiger partial charge in [-0.25, -0.2) is 0 Å². The Hall–Kier alpha value is -7.62. The van der Waals surface area contributed by atoms with Crippen molar-refractivity contribution in [3.63, 3.8) is 0 Å². The van der Waals surface area contributed by atoms with Crippen molar-refractivity contribution in [1.29, 1.82) is 0 Å². The van der Waals surface area contributed by atoms with Gasteiger partial charge in [-0.3, -0.25) is 0 Å². The molecule has 268 valence electrons. The van der Waals surface area contributed by atoms with Gasteiger partial charge in [-0.05, 0) is 107 Å². The summed E-state index contributed by atoms with van der Waals surface area (Å²) in [5.74, 6) is 0. The number of rotatable bonds is 7. The first kappa shape index (κ1) is 32.8. The topological polar surface area (TPSA) is 13.1 Å². The van der Waals surface area contributed by atoms with Gasteiger partial charge in [0.2, 0.25) is 0 Å². The molecule has 0 saturated carbocycles. The summed E-state index contributed by atoms with van der Waals surface area (Å²) in [5, 5.41) is 4.97. The average Bonchev–Trinajstić information content (AvgIpc) is 3.80. The predicted octanol–water partition coefficient (Wildman–Crippen LogP) is 14.7. The molecule has 0 fully saturated rings. The normalized spacial score (nSPS) is 11.5. The molecule has 0 saturated heterocycles. The fourth-order valence-electron chi connectivity index (χ4n) is 8.64. The molecule has 11 aromatic rings. The third kappa shape index (κ3) is 5.60. The molecule has 3 heteroatoms. The highest BCUT2D eigenvalue weighted by Crippen LogP contribution is 2.41. The summed E-state index contributed by atoms with van der Waals surface area (Å²) in [5.41, 5.74) is 15.2. The molecule has 0 bridgehead atoms. The molecule has 0 spiro atoms. The van der Waals surface area contributed by atoms with Gasteiger partial charge < -0.3 is 14.0 Å². The lowest BCUT2D eigenvalue weighted by Crippen LogP contribution is -2.10. The molecule has 0 aliphatic heterocycles. The summed E-state index contributed by atoms with van der Waals surface area (Å²) in [6.45, 7) is 0. The second kappa shape index (κ2) is 13.6. The van der Waals surface area contributed by atoms with Crippen molar-refractivity contribution in [2.24, 2.45) is 0 Å². The van der Waals surface area contributed by atoms with Crippen molar-refractivity contribution < 1.29 is 0 Å². The molecule has 2 aromatic heterocycles. The van der Waals surface area contributed by atoms with Gasteiger partial charge in [0.05, 0.1) is 22.1 Å². The van der Waals surface area contributed by atoms with Crippen molar-refractivity contribution in [2.45, 2.75) is 0 Å². The SMILES string of the molecule is c1ccc(-c2ccc(N(c3ccc(-c4ccc5c6ccccc6n(-c6ccccc6)c5c4)cc3)c3ccc4c(c3)c3ccccc3n4-c3ccccc3)cc2)cc1. The van der Waals surface area contributed by atoms with E-state index in [0.29, 0.717) is 0 Å². The Kier molecular flexibility index (Phi) is 7.82. The molecule has 0 amide bonds. The standard InChI is InChI=1S/C54H37N3/c1-4-14-38(15-5-1)39-24-29-44(30-25-39)55(46-33-35-53-50(37-46)48-21-11-13-23-52(48)56(53)42-16-6-2-7-17-42)45-31-26-40(27-32-45)41-28-34-49-47-20-10-12-22-51(47)57(54(49)36-41)43-18-8-3-9-19-43/h1-37H. The van der Waals surface area contributed by atoms with Crippen LogP contribution in [0.25, 0.3) is 77.2 Å². The van der Waals surface area contributed by atoms with Crippen LogP contribution in [0.3, 0.4) is 0 Å². The van der Waals surface area contributed by atoms with E-state index in [9.17, 15) is 0 Å². The van der Waals surface area contributed by atoms with Crippen LogP contribution in [0.4, 0.5) is 17.1 Å². The number of hydrogen-bond acceptors (Lipinski definition) is 1. The first-order valence-corrected chi connectivity index (χ1v) is 19.5. The third-order valence-electron chi connectivity index (χ3n) is 11.3. The molecule has 0 unspecified atom stereocenters. The van der Waals surface area contributed by atoms with Crippen LogP contribution in [0.5, 0.6) is 0 Å². The molecule has 0 N–H and O–H groups in total. The number of aromatic nitrogens is 2. The number of benzene rings is 9. The Morgan fingerprint density at radius 2 is 0.649 bits per heavy atom. The van der Waals surface area contributed by atoms with Crippen LogP contribution in [0.2, 0.25) is 0 Å². The summed E-state index contributed by atoms with van der Waals surface area (Å²) in [7, 11) is 0. The van der Waals surface area contributed by atoms with Crippen molar-refractivity contribution in [1.82, 2.24) is 9.13 Å². The van der Waals surface area contributed by atoms with Gasteiger partial charge in [0, 0.05) is 50.0 Å². The van der Waals surface area contributed by atoms with E-state index in [0.717, 1.165) is 28.4 Å². The first-order chi connectivity index (χ1) is 28.3. The molecule has 0 atom stereocenters. The largest absolute Gasteiger partial charge is 0.310 e. The van der Waals surface area contributed by atoms with Gasteiger partial charge in [-0.15, -0.1) is 0 Å². The Bertz CT molecular complexity index is 3200. The highest BCUT2D eigenvalue weighted by atomic mass is 15.1. The second-order valence-corrected chi connectivity index (χ2v) is 14.6. The highest BCUT2D eigenvalue weighted by molar-refractivity contribution is 6.11. The van der Waals surface area contributed by atoms with E-state index in [1.165, 1.54) is 65.9 Å². The maximum atomic E-state index is 2.38. The van der Waals surface area contributed by atoms with Gasteiger partial charge in [0.25, 0.3) is 0 Å². The molecule has 11 rings (SSSR count). The fourth-order valence-corrected chi connectivity index (χ4v) is 8.64. The molecular weight excluding hydrogens is 691 g/mol. The van der Waals surface area contributed by atoms with E-state index in [4.69, 9.17) is 0 Å². The molecule has 3 nitrogen and oxygen atoms in total. The number of hydrogen-bond donors (Lipinski definition) is 0. The van der Waals surface area contributed by atoms with Crippen LogP contribution in [0.15, 0.2) is 224 Å². The zero-order chi connectivity index (χ0) is 37.7. The smallest absolute Gasteiger partial charge is 0.0547 e. The van der Waals surface area contributed by atoms with E-state index in [1.54, 1.807) is 0 Å². The number of anilines is 3. The predicted molar refractivity (Wildman–Crippen MR) is 241 cm³/mol. The van der Waals surface area contributed by atoms with E-state index in [-0.39, 0.29) is 0 Å². The summed E-state index contributed by atoms with van der Waals surface area (Å²) in [6.07, 6.45) is 0. The Morgan fingerprint density at radius 3 is 1.25 bits per heavy atom. The van der Waals surface area contributed by atoms with E-state index in [1.807, 2.05) is 0 Å². The zero-order valence-corrected chi connectivity index (χ0v) is 31.2. The quantitative estimate of drug-likeness (QED) is 0.159. The Balaban J connectivity index is 1.04.